The van der Waals surface area contributed by atoms with Crippen LogP contribution in [0.25, 0.3) is 10.9 Å². The van der Waals surface area contributed by atoms with Crippen LogP contribution >= 0.6 is 11.6 Å². The number of aromatic nitrogens is 1. The maximum absolute atomic E-state index is 15.1. The molecule has 0 fully saturated rings. The molecule has 0 radical (unpaired) electrons. The summed E-state index contributed by atoms with van der Waals surface area (Å²) in [6.45, 7) is 1.88. The Hall–Kier alpha value is -5.07. The molecule has 1 aliphatic heterocycles. The third kappa shape index (κ3) is 5.01. The summed E-state index contributed by atoms with van der Waals surface area (Å²) >= 11 is 6.50. The lowest BCUT2D eigenvalue weighted by molar-refractivity contribution is -0.121. The number of hydrogen-bond donors (Lipinski definition) is 1. The van der Waals surface area contributed by atoms with Gasteiger partial charge in [-0.15, -0.1) is 0 Å². The van der Waals surface area contributed by atoms with Gasteiger partial charge in [0.05, 0.1) is 11.4 Å². The first-order chi connectivity index (χ1) is 21.8. The van der Waals surface area contributed by atoms with E-state index in [1.807, 2.05) is 91.9 Å². The summed E-state index contributed by atoms with van der Waals surface area (Å²) in [4.78, 5) is 18.6. The van der Waals surface area contributed by atoms with Gasteiger partial charge in [-0.25, -0.2) is 8.78 Å². The quantitative estimate of drug-likeness (QED) is 0.191. The van der Waals surface area contributed by atoms with E-state index in [1.165, 1.54) is 29.3 Å². The molecule has 7 rings (SSSR count). The highest BCUT2D eigenvalue weighted by atomic mass is 35.5. The van der Waals surface area contributed by atoms with Crippen LogP contribution in [-0.2, 0) is 16.6 Å². The second-order valence-electron chi connectivity index (χ2n) is 11.4. The summed E-state index contributed by atoms with van der Waals surface area (Å²) in [5.74, 6) is -1.71. The van der Waals surface area contributed by atoms with Crippen molar-refractivity contribution < 1.29 is 13.6 Å². The Kier molecular flexibility index (Phi) is 7.30. The minimum Gasteiger partial charge on any atom is -0.357 e. The van der Waals surface area contributed by atoms with Crippen LogP contribution < -0.4 is 5.01 Å². The maximum Gasteiger partial charge on any atom is 0.264 e. The van der Waals surface area contributed by atoms with Crippen molar-refractivity contribution in [1.82, 2.24) is 4.98 Å². The predicted molar refractivity (Wildman–Crippen MR) is 176 cm³/mol. The van der Waals surface area contributed by atoms with Crippen LogP contribution in [0.1, 0.15) is 40.8 Å². The number of para-hydroxylation sites is 1. The van der Waals surface area contributed by atoms with Gasteiger partial charge in [0.2, 0.25) is 0 Å². The van der Waals surface area contributed by atoms with Gasteiger partial charge in [-0.1, -0.05) is 90.5 Å². The lowest BCUT2D eigenvalue weighted by atomic mass is 9.68. The largest absolute Gasteiger partial charge is 0.357 e. The van der Waals surface area contributed by atoms with E-state index in [4.69, 9.17) is 16.7 Å². The number of aromatic amines is 1. The molecule has 2 heterocycles. The van der Waals surface area contributed by atoms with Crippen molar-refractivity contribution in [3.8, 4) is 0 Å². The average Bonchev–Trinajstić information content (AvgIpc) is 3.52. The van der Waals surface area contributed by atoms with Crippen LogP contribution in [0.4, 0.5) is 14.5 Å². The first kappa shape index (κ1) is 28.7. The SMILES string of the molecule is CC1=NN(c2ccccc2)C(=O)[C@@]1(Cc1ccccc1)c1c(C(c2cccc(F)c2)c2cccc(F)c2)[nH]c2cc(Cl)ccc12. The molecule has 1 aliphatic rings. The van der Waals surface area contributed by atoms with Gasteiger partial charge >= 0.3 is 0 Å². The molecule has 0 unspecified atom stereocenters. The van der Waals surface area contributed by atoms with E-state index in [2.05, 4.69) is 4.98 Å². The summed E-state index contributed by atoms with van der Waals surface area (Å²) in [6.07, 6.45) is 0.312. The lowest BCUT2D eigenvalue weighted by Gasteiger charge is -2.32. The maximum atomic E-state index is 15.1. The molecule has 1 N–H and O–H groups in total. The number of rotatable bonds is 7. The third-order valence-corrected chi connectivity index (χ3v) is 8.84. The van der Waals surface area contributed by atoms with Crippen molar-refractivity contribution in [2.45, 2.75) is 24.7 Å². The van der Waals surface area contributed by atoms with E-state index >= 15 is 4.79 Å². The number of benzene rings is 5. The van der Waals surface area contributed by atoms with Crippen LogP contribution in [0.15, 0.2) is 132 Å². The predicted octanol–water partition coefficient (Wildman–Crippen LogP) is 9.18. The van der Waals surface area contributed by atoms with Gasteiger partial charge < -0.3 is 4.98 Å². The van der Waals surface area contributed by atoms with E-state index < -0.39 is 23.0 Å². The fourth-order valence-corrected chi connectivity index (χ4v) is 6.78. The van der Waals surface area contributed by atoms with E-state index in [0.717, 1.165) is 10.9 Å². The molecule has 6 aromatic rings. The number of carbonyl (C=O) groups is 1. The van der Waals surface area contributed by atoms with E-state index in [1.54, 1.807) is 18.2 Å². The highest BCUT2D eigenvalue weighted by Gasteiger charge is 2.54. The zero-order valence-electron chi connectivity index (χ0n) is 24.3. The summed E-state index contributed by atoms with van der Waals surface area (Å²) < 4.78 is 29.7. The van der Waals surface area contributed by atoms with Crippen LogP contribution in [0, 0.1) is 11.6 Å². The van der Waals surface area contributed by atoms with Gasteiger partial charge in [0.25, 0.3) is 5.91 Å². The number of carbonyl (C=O) groups excluding carboxylic acids is 1. The standard InChI is InChI=1S/C38H28ClF2N3O/c1-24-38(23-25-10-4-2-5-11-25,37(45)44(43-24)31-16-6-3-7-17-31)35-32-19-18-28(39)22-33(32)42-36(35)34(26-12-8-14-29(40)20-26)27-13-9-15-30(41)21-27/h2-22,34,42H,23H2,1H3/t38-/m1/s1. The van der Waals surface area contributed by atoms with Crippen molar-refractivity contribution >= 4 is 39.8 Å². The van der Waals surface area contributed by atoms with Crippen molar-refractivity contribution in [2.24, 2.45) is 5.10 Å². The summed E-state index contributed by atoms with van der Waals surface area (Å²) in [5, 5.41) is 7.65. The van der Waals surface area contributed by atoms with Gasteiger partial charge in [-0.2, -0.15) is 10.1 Å². The minimum absolute atomic E-state index is 0.218. The van der Waals surface area contributed by atoms with Crippen LogP contribution in [0.2, 0.25) is 5.02 Å². The number of nitrogens with zero attached hydrogens (tertiary/aromatic N) is 2. The molecule has 1 aromatic heterocycles. The Balaban J connectivity index is 1.57. The second kappa shape index (κ2) is 11.5. The molecule has 0 bridgehead atoms. The van der Waals surface area contributed by atoms with Crippen molar-refractivity contribution in [1.29, 1.82) is 0 Å². The topological polar surface area (TPSA) is 48.5 Å². The molecule has 0 saturated carbocycles. The Morgan fingerprint density at radius 3 is 2.04 bits per heavy atom. The van der Waals surface area contributed by atoms with Gasteiger partial charge in [0, 0.05) is 33.1 Å². The summed E-state index contributed by atoms with van der Waals surface area (Å²) in [7, 11) is 0. The molecule has 1 amide bonds. The van der Waals surface area contributed by atoms with E-state index in [0.29, 0.717) is 50.7 Å². The van der Waals surface area contributed by atoms with Crippen LogP contribution in [-0.4, -0.2) is 16.6 Å². The first-order valence-electron chi connectivity index (χ1n) is 14.7. The minimum atomic E-state index is -1.27. The molecule has 222 valence electrons. The zero-order chi connectivity index (χ0) is 31.1. The number of amides is 1. The molecule has 0 aliphatic carbocycles. The smallest absolute Gasteiger partial charge is 0.264 e. The fourth-order valence-electron chi connectivity index (χ4n) is 6.61. The van der Waals surface area contributed by atoms with Crippen LogP contribution in [0.3, 0.4) is 0 Å². The number of halogens is 3. The molecule has 7 heteroatoms. The number of anilines is 1. The number of H-pyrrole nitrogens is 1. The average molecular weight is 616 g/mol. The molecular formula is C38H28ClF2N3O. The molecule has 45 heavy (non-hydrogen) atoms. The highest BCUT2D eigenvalue weighted by molar-refractivity contribution is 6.31. The normalized spacial score (nSPS) is 16.5. The number of hydrazone groups is 1. The summed E-state index contributed by atoms with van der Waals surface area (Å²) in [6, 6.07) is 37.2. The van der Waals surface area contributed by atoms with E-state index in [9.17, 15) is 8.78 Å². The molecule has 0 saturated heterocycles. The fraction of sp³-hybridized carbons (Fsp3) is 0.105. The lowest BCUT2D eigenvalue weighted by Crippen LogP contribution is -2.46. The first-order valence-corrected chi connectivity index (χ1v) is 15.0. The van der Waals surface area contributed by atoms with Crippen molar-refractivity contribution in [3.63, 3.8) is 0 Å². The Morgan fingerprint density at radius 1 is 0.800 bits per heavy atom. The second-order valence-corrected chi connectivity index (χ2v) is 11.8. The third-order valence-electron chi connectivity index (χ3n) is 8.61. The molecule has 5 aromatic carbocycles. The molecular weight excluding hydrogens is 588 g/mol. The monoisotopic (exact) mass is 615 g/mol. The number of fused-ring (bicyclic) bond motifs is 1. The van der Waals surface area contributed by atoms with Crippen LogP contribution in [0.5, 0.6) is 0 Å². The van der Waals surface area contributed by atoms with Crippen molar-refractivity contribution in [2.75, 3.05) is 5.01 Å². The number of hydrogen-bond acceptors (Lipinski definition) is 2. The molecule has 1 atom stereocenters. The highest BCUT2D eigenvalue weighted by Crippen LogP contribution is 2.48. The van der Waals surface area contributed by atoms with Gasteiger partial charge in [0.15, 0.2) is 0 Å². The Bertz CT molecular complexity index is 2030. The van der Waals surface area contributed by atoms with Gasteiger partial charge in [-0.3, -0.25) is 4.79 Å². The molecule has 0 spiro atoms. The van der Waals surface area contributed by atoms with Crippen molar-refractivity contribution in [3.05, 3.63) is 172 Å². The number of nitrogens with one attached hydrogen (secondary N) is 1. The zero-order valence-corrected chi connectivity index (χ0v) is 25.1. The van der Waals surface area contributed by atoms with Gasteiger partial charge in [-0.05, 0) is 78.6 Å². The Morgan fingerprint density at radius 2 is 1.42 bits per heavy atom. The Labute approximate surface area is 264 Å². The van der Waals surface area contributed by atoms with E-state index in [-0.39, 0.29) is 5.91 Å². The van der Waals surface area contributed by atoms with Gasteiger partial charge in [0.1, 0.15) is 17.0 Å². The molecule has 4 nitrogen and oxygen atoms in total. The summed E-state index contributed by atoms with van der Waals surface area (Å²) in [5.41, 5.74) is 4.18.